The summed E-state index contributed by atoms with van der Waals surface area (Å²) in [5.74, 6) is 0.0551. The summed E-state index contributed by atoms with van der Waals surface area (Å²) in [4.78, 5) is 33.0. The molecule has 0 saturated carbocycles. The van der Waals surface area contributed by atoms with Crippen molar-refractivity contribution in [1.29, 1.82) is 0 Å². The van der Waals surface area contributed by atoms with Crippen LogP contribution in [0.4, 0.5) is 5.69 Å². The van der Waals surface area contributed by atoms with Gasteiger partial charge in [0.15, 0.2) is 5.16 Å². The summed E-state index contributed by atoms with van der Waals surface area (Å²) in [7, 11) is 0. The number of benzene rings is 1. The standard InChI is InChI=1S/C17H17N3O2S2/c1-9-4-5-12(6-10(9)2)18-14(21)8-23-17-19-15(22)13-7-11(3)24-16(13)20-17/h4-7H,8H2,1-3H3,(H,18,21)(H,19,20,22). The first kappa shape index (κ1) is 16.7. The number of H-pyrrole nitrogens is 1. The van der Waals surface area contributed by atoms with E-state index in [0.29, 0.717) is 15.4 Å². The van der Waals surface area contributed by atoms with Crippen molar-refractivity contribution < 1.29 is 4.79 Å². The normalized spacial score (nSPS) is 11.0. The summed E-state index contributed by atoms with van der Waals surface area (Å²) in [6.07, 6.45) is 0. The van der Waals surface area contributed by atoms with Gasteiger partial charge in [0.25, 0.3) is 5.56 Å². The molecule has 1 amide bonds. The summed E-state index contributed by atoms with van der Waals surface area (Å²) in [5.41, 5.74) is 2.92. The first-order chi connectivity index (χ1) is 11.4. The van der Waals surface area contributed by atoms with E-state index in [1.807, 2.05) is 45.0 Å². The van der Waals surface area contributed by atoms with Crippen molar-refractivity contribution in [3.63, 3.8) is 0 Å². The van der Waals surface area contributed by atoms with Gasteiger partial charge in [-0.15, -0.1) is 11.3 Å². The number of amides is 1. The lowest BCUT2D eigenvalue weighted by Crippen LogP contribution is -2.15. The molecule has 0 saturated heterocycles. The van der Waals surface area contributed by atoms with E-state index >= 15 is 0 Å². The van der Waals surface area contributed by atoms with Crippen LogP contribution in [-0.2, 0) is 4.79 Å². The Morgan fingerprint density at radius 3 is 2.79 bits per heavy atom. The van der Waals surface area contributed by atoms with Gasteiger partial charge in [-0.3, -0.25) is 9.59 Å². The Kier molecular flexibility index (Phi) is 4.73. The number of fused-ring (bicyclic) bond motifs is 1. The summed E-state index contributed by atoms with van der Waals surface area (Å²) >= 11 is 2.70. The molecule has 3 rings (SSSR count). The van der Waals surface area contributed by atoms with E-state index < -0.39 is 0 Å². The number of carbonyl (C=O) groups excluding carboxylic acids is 1. The van der Waals surface area contributed by atoms with Gasteiger partial charge >= 0.3 is 0 Å². The Bertz CT molecular complexity index is 976. The maximum absolute atomic E-state index is 12.1. The van der Waals surface area contributed by atoms with Crippen LogP contribution in [0.3, 0.4) is 0 Å². The molecule has 3 aromatic rings. The molecule has 2 aromatic heterocycles. The van der Waals surface area contributed by atoms with Crippen molar-refractivity contribution in [2.45, 2.75) is 25.9 Å². The van der Waals surface area contributed by atoms with Crippen LogP contribution in [0, 0.1) is 20.8 Å². The molecule has 0 aliphatic rings. The number of hydrogen-bond donors (Lipinski definition) is 2. The van der Waals surface area contributed by atoms with Crippen LogP contribution < -0.4 is 10.9 Å². The molecule has 124 valence electrons. The van der Waals surface area contributed by atoms with Crippen LogP contribution in [0.25, 0.3) is 10.2 Å². The largest absolute Gasteiger partial charge is 0.325 e. The second kappa shape index (κ2) is 6.78. The molecule has 5 nitrogen and oxygen atoms in total. The topological polar surface area (TPSA) is 74.8 Å². The van der Waals surface area contributed by atoms with Gasteiger partial charge in [0, 0.05) is 10.6 Å². The third kappa shape index (κ3) is 3.68. The number of nitrogens with zero attached hydrogens (tertiary/aromatic N) is 1. The maximum Gasteiger partial charge on any atom is 0.260 e. The minimum Gasteiger partial charge on any atom is -0.325 e. The number of thioether (sulfide) groups is 1. The number of aromatic amines is 1. The fraction of sp³-hybridized carbons (Fsp3) is 0.235. The van der Waals surface area contributed by atoms with Crippen molar-refractivity contribution in [2.75, 3.05) is 11.1 Å². The summed E-state index contributed by atoms with van der Waals surface area (Å²) < 4.78 is 0. The van der Waals surface area contributed by atoms with Gasteiger partial charge in [0.1, 0.15) is 4.83 Å². The number of nitrogens with one attached hydrogen (secondary N) is 2. The van der Waals surface area contributed by atoms with Crippen LogP contribution >= 0.6 is 23.1 Å². The smallest absolute Gasteiger partial charge is 0.260 e. The molecular formula is C17H17N3O2S2. The maximum atomic E-state index is 12.1. The fourth-order valence-corrected chi connectivity index (χ4v) is 3.85. The van der Waals surface area contributed by atoms with Crippen LogP contribution in [0.1, 0.15) is 16.0 Å². The first-order valence-electron chi connectivity index (χ1n) is 7.43. The van der Waals surface area contributed by atoms with Crippen molar-refractivity contribution >= 4 is 44.9 Å². The Labute approximate surface area is 147 Å². The highest BCUT2D eigenvalue weighted by Crippen LogP contribution is 2.22. The molecule has 24 heavy (non-hydrogen) atoms. The Morgan fingerprint density at radius 1 is 1.25 bits per heavy atom. The number of carbonyl (C=O) groups is 1. The SMILES string of the molecule is Cc1cc2c(=O)[nH]c(SCC(=O)Nc3ccc(C)c(C)c3)nc2s1. The van der Waals surface area contributed by atoms with Gasteiger partial charge < -0.3 is 10.3 Å². The van der Waals surface area contributed by atoms with E-state index in [0.717, 1.165) is 16.1 Å². The molecule has 0 spiro atoms. The Morgan fingerprint density at radius 2 is 2.04 bits per heavy atom. The second-order valence-corrected chi connectivity index (χ2v) is 7.78. The van der Waals surface area contributed by atoms with Crippen LogP contribution in [-0.4, -0.2) is 21.6 Å². The lowest BCUT2D eigenvalue weighted by Gasteiger charge is -2.07. The molecule has 2 heterocycles. The highest BCUT2D eigenvalue weighted by molar-refractivity contribution is 7.99. The van der Waals surface area contributed by atoms with Crippen molar-refractivity contribution in [3.8, 4) is 0 Å². The van der Waals surface area contributed by atoms with E-state index in [1.54, 1.807) is 0 Å². The van der Waals surface area contributed by atoms with Crippen molar-refractivity contribution in [3.05, 3.63) is 50.6 Å². The Hall–Kier alpha value is -2.12. The molecule has 2 N–H and O–H groups in total. The molecule has 0 radical (unpaired) electrons. The molecule has 7 heteroatoms. The third-order valence-electron chi connectivity index (χ3n) is 3.63. The number of thiophene rings is 1. The molecule has 0 fully saturated rings. The predicted octanol–water partition coefficient (Wildman–Crippen LogP) is 3.64. The van der Waals surface area contributed by atoms with Gasteiger partial charge in [0.2, 0.25) is 5.91 Å². The first-order valence-corrected chi connectivity index (χ1v) is 9.23. The summed E-state index contributed by atoms with van der Waals surface area (Å²) in [5, 5.41) is 3.92. The van der Waals surface area contributed by atoms with Crippen LogP contribution in [0.5, 0.6) is 0 Å². The zero-order valence-corrected chi connectivity index (χ0v) is 15.2. The van der Waals surface area contributed by atoms with E-state index in [2.05, 4.69) is 15.3 Å². The quantitative estimate of drug-likeness (QED) is 0.551. The highest BCUT2D eigenvalue weighted by atomic mass is 32.2. The van der Waals surface area contributed by atoms with E-state index in [4.69, 9.17) is 0 Å². The van der Waals surface area contributed by atoms with Gasteiger partial charge in [-0.25, -0.2) is 4.98 Å². The molecular weight excluding hydrogens is 342 g/mol. The molecule has 0 aliphatic heterocycles. The second-order valence-electron chi connectivity index (χ2n) is 5.58. The average Bonchev–Trinajstić information content (AvgIpc) is 2.90. The molecule has 1 aromatic carbocycles. The fourth-order valence-electron chi connectivity index (χ4n) is 2.25. The summed E-state index contributed by atoms with van der Waals surface area (Å²) in [6, 6.07) is 7.63. The zero-order chi connectivity index (χ0) is 17.3. The lowest BCUT2D eigenvalue weighted by molar-refractivity contribution is -0.113. The highest BCUT2D eigenvalue weighted by Gasteiger charge is 2.10. The van der Waals surface area contributed by atoms with Crippen molar-refractivity contribution in [1.82, 2.24) is 9.97 Å². The van der Waals surface area contributed by atoms with Crippen molar-refractivity contribution in [2.24, 2.45) is 0 Å². The number of hydrogen-bond acceptors (Lipinski definition) is 5. The van der Waals surface area contributed by atoms with E-state index in [9.17, 15) is 9.59 Å². The van der Waals surface area contributed by atoms with Gasteiger partial charge in [-0.2, -0.15) is 0 Å². The molecule has 0 atom stereocenters. The molecule has 0 unspecified atom stereocenters. The number of aromatic nitrogens is 2. The van der Waals surface area contributed by atoms with E-state index in [1.165, 1.54) is 28.7 Å². The average molecular weight is 359 g/mol. The lowest BCUT2D eigenvalue weighted by atomic mass is 10.1. The minimum atomic E-state index is -0.165. The van der Waals surface area contributed by atoms with Crippen LogP contribution in [0.2, 0.25) is 0 Å². The Balaban J connectivity index is 1.67. The minimum absolute atomic E-state index is 0.131. The summed E-state index contributed by atoms with van der Waals surface area (Å²) in [6.45, 7) is 5.98. The van der Waals surface area contributed by atoms with Gasteiger partial charge in [-0.1, -0.05) is 17.8 Å². The van der Waals surface area contributed by atoms with E-state index in [-0.39, 0.29) is 17.2 Å². The number of rotatable bonds is 4. The molecule has 0 bridgehead atoms. The monoisotopic (exact) mass is 359 g/mol. The van der Waals surface area contributed by atoms with Gasteiger partial charge in [-0.05, 0) is 50.1 Å². The predicted molar refractivity (Wildman–Crippen MR) is 100 cm³/mol. The van der Waals surface area contributed by atoms with Gasteiger partial charge in [0.05, 0.1) is 11.1 Å². The number of aryl methyl sites for hydroxylation is 3. The molecule has 0 aliphatic carbocycles. The zero-order valence-electron chi connectivity index (χ0n) is 13.6. The number of anilines is 1. The van der Waals surface area contributed by atoms with Crippen LogP contribution in [0.15, 0.2) is 34.2 Å². The third-order valence-corrected chi connectivity index (χ3v) is 5.45.